The number of halogens is 1. The Bertz CT molecular complexity index is 858. The molecule has 5 fully saturated rings. The first-order valence-electron chi connectivity index (χ1n) is 11.0. The lowest BCUT2D eigenvalue weighted by Gasteiger charge is -2.54. The lowest BCUT2D eigenvalue weighted by atomic mass is 9.54. The van der Waals surface area contributed by atoms with Crippen LogP contribution >= 0.6 is 11.6 Å². The molecule has 5 aliphatic rings. The van der Waals surface area contributed by atoms with Crippen LogP contribution in [0.1, 0.15) is 44.9 Å². The molecule has 6 rings (SSSR count). The van der Waals surface area contributed by atoms with E-state index in [2.05, 4.69) is 5.32 Å². The summed E-state index contributed by atoms with van der Waals surface area (Å²) in [7, 11) is -3.60. The van der Waals surface area contributed by atoms with Gasteiger partial charge in [0.15, 0.2) is 0 Å². The van der Waals surface area contributed by atoms with Crippen molar-refractivity contribution in [3.05, 3.63) is 29.3 Å². The first-order valence-corrected chi connectivity index (χ1v) is 12.8. The number of sulfonamides is 1. The molecular weight excluding hydrogens is 408 g/mol. The quantitative estimate of drug-likeness (QED) is 0.782. The van der Waals surface area contributed by atoms with E-state index in [1.807, 2.05) is 0 Å². The van der Waals surface area contributed by atoms with Crippen LogP contribution in [0, 0.1) is 29.6 Å². The van der Waals surface area contributed by atoms with Crippen LogP contribution in [0.4, 0.5) is 0 Å². The van der Waals surface area contributed by atoms with Crippen molar-refractivity contribution in [1.82, 2.24) is 9.62 Å². The molecule has 1 unspecified atom stereocenters. The molecule has 158 valence electrons. The van der Waals surface area contributed by atoms with E-state index in [1.54, 1.807) is 12.1 Å². The van der Waals surface area contributed by atoms with Crippen molar-refractivity contribution in [2.24, 2.45) is 29.6 Å². The number of amides is 1. The SMILES string of the molecule is O=C(NC1C2CC3CC(C2)CC1C3)C1CCCN(S(=O)(=O)c2ccc(Cl)cc2)C1. The minimum atomic E-state index is -3.60. The highest BCUT2D eigenvalue weighted by molar-refractivity contribution is 7.89. The Morgan fingerprint density at radius 3 is 2.24 bits per heavy atom. The van der Waals surface area contributed by atoms with Crippen molar-refractivity contribution in [3.63, 3.8) is 0 Å². The third kappa shape index (κ3) is 3.72. The maximum atomic E-state index is 13.1. The first-order chi connectivity index (χ1) is 13.9. The lowest BCUT2D eigenvalue weighted by molar-refractivity contribution is -0.130. The van der Waals surface area contributed by atoms with E-state index in [0.717, 1.165) is 18.3 Å². The molecular formula is C22H29ClN2O3S. The Labute approximate surface area is 178 Å². The lowest BCUT2D eigenvalue weighted by Crippen LogP contribution is -2.57. The van der Waals surface area contributed by atoms with E-state index >= 15 is 0 Å². The summed E-state index contributed by atoms with van der Waals surface area (Å²) < 4.78 is 27.5. The Morgan fingerprint density at radius 2 is 1.62 bits per heavy atom. The van der Waals surface area contributed by atoms with Gasteiger partial charge in [-0.1, -0.05) is 11.6 Å². The van der Waals surface area contributed by atoms with Gasteiger partial charge >= 0.3 is 0 Å². The Hall–Kier alpha value is -1.11. The predicted octanol–water partition coefficient (Wildman–Crippen LogP) is 3.68. The van der Waals surface area contributed by atoms with Gasteiger partial charge in [-0.05, 0) is 92.9 Å². The van der Waals surface area contributed by atoms with Crippen LogP contribution in [0.3, 0.4) is 0 Å². The molecule has 0 spiro atoms. The van der Waals surface area contributed by atoms with Gasteiger partial charge in [0.05, 0.1) is 10.8 Å². The molecule has 1 aromatic carbocycles. The van der Waals surface area contributed by atoms with Gasteiger partial charge in [-0.3, -0.25) is 4.79 Å². The van der Waals surface area contributed by atoms with Crippen molar-refractivity contribution < 1.29 is 13.2 Å². The highest BCUT2D eigenvalue weighted by Crippen LogP contribution is 2.53. The summed E-state index contributed by atoms with van der Waals surface area (Å²) in [6.07, 6.45) is 7.92. The molecule has 4 saturated carbocycles. The molecule has 1 saturated heterocycles. The zero-order valence-corrected chi connectivity index (χ0v) is 18.2. The number of nitrogens with zero attached hydrogens (tertiary/aromatic N) is 1. The number of benzene rings is 1. The van der Waals surface area contributed by atoms with E-state index in [0.29, 0.717) is 35.9 Å². The fourth-order valence-electron chi connectivity index (χ4n) is 6.57. The van der Waals surface area contributed by atoms with Gasteiger partial charge < -0.3 is 5.32 Å². The summed E-state index contributed by atoms with van der Waals surface area (Å²) >= 11 is 5.90. The number of nitrogens with one attached hydrogen (secondary N) is 1. The molecule has 29 heavy (non-hydrogen) atoms. The molecule has 7 heteroatoms. The maximum absolute atomic E-state index is 13.1. The topological polar surface area (TPSA) is 66.5 Å². The summed E-state index contributed by atoms with van der Waals surface area (Å²) in [6.45, 7) is 0.733. The van der Waals surface area contributed by atoms with Crippen LogP contribution < -0.4 is 5.32 Å². The van der Waals surface area contributed by atoms with Crippen LogP contribution in [0.15, 0.2) is 29.2 Å². The Morgan fingerprint density at radius 1 is 1.00 bits per heavy atom. The van der Waals surface area contributed by atoms with E-state index in [4.69, 9.17) is 11.6 Å². The molecule has 5 nitrogen and oxygen atoms in total. The normalized spacial score (nSPS) is 36.9. The molecule has 4 aliphatic carbocycles. The van der Waals surface area contributed by atoms with Gasteiger partial charge in [-0.15, -0.1) is 0 Å². The highest BCUT2D eigenvalue weighted by Gasteiger charge is 2.49. The van der Waals surface area contributed by atoms with Crippen LogP contribution in [-0.2, 0) is 14.8 Å². The van der Waals surface area contributed by atoms with Gasteiger partial charge in [0.1, 0.15) is 0 Å². The monoisotopic (exact) mass is 436 g/mol. The molecule has 1 aromatic rings. The number of hydrogen-bond acceptors (Lipinski definition) is 3. The minimum absolute atomic E-state index is 0.0541. The number of carbonyl (C=O) groups excluding carboxylic acids is 1. The number of carbonyl (C=O) groups is 1. The second-order valence-electron chi connectivity index (χ2n) is 9.62. The molecule has 1 aliphatic heterocycles. The Kier molecular flexibility index (Phi) is 5.16. The number of piperidine rings is 1. The second-order valence-corrected chi connectivity index (χ2v) is 12.0. The average Bonchev–Trinajstić information content (AvgIpc) is 2.70. The average molecular weight is 437 g/mol. The maximum Gasteiger partial charge on any atom is 0.243 e. The minimum Gasteiger partial charge on any atom is -0.353 e. The van der Waals surface area contributed by atoms with Crippen LogP contribution in [0.5, 0.6) is 0 Å². The molecule has 1 atom stereocenters. The number of hydrogen-bond donors (Lipinski definition) is 1. The third-order valence-electron chi connectivity index (χ3n) is 7.74. The van der Waals surface area contributed by atoms with Crippen molar-refractivity contribution in [2.45, 2.75) is 55.9 Å². The smallest absolute Gasteiger partial charge is 0.243 e. The largest absolute Gasteiger partial charge is 0.353 e. The zero-order chi connectivity index (χ0) is 20.2. The standard InChI is InChI=1S/C22H29ClN2O3S/c23-19-3-5-20(6-4-19)29(27,28)25-7-1-2-16(13-25)22(26)24-21-17-9-14-8-15(11-17)12-18(21)10-14/h3-6,14-18,21H,1-2,7-13H2,(H,24,26). The zero-order valence-electron chi connectivity index (χ0n) is 16.6. The second kappa shape index (κ2) is 7.54. The van der Waals surface area contributed by atoms with Crippen molar-refractivity contribution in [3.8, 4) is 0 Å². The van der Waals surface area contributed by atoms with E-state index in [-0.39, 0.29) is 23.3 Å². The molecule has 0 aromatic heterocycles. The molecule has 1 amide bonds. The molecule has 0 radical (unpaired) electrons. The van der Waals surface area contributed by atoms with Crippen LogP contribution in [0.25, 0.3) is 0 Å². The summed E-state index contributed by atoms with van der Waals surface area (Å²) in [5, 5.41) is 3.88. The van der Waals surface area contributed by atoms with E-state index in [1.165, 1.54) is 48.5 Å². The van der Waals surface area contributed by atoms with Gasteiger partial charge in [-0.25, -0.2) is 8.42 Å². The van der Waals surface area contributed by atoms with Gasteiger partial charge in [0.25, 0.3) is 0 Å². The Balaban J connectivity index is 1.26. The molecule has 4 bridgehead atoms. The van der Waals surface area contributed by atoms with Crippen LogP contribution in [-0.4, -0.2) is 37.8 Å². The van der Waals surface area contributed by atoms with Crippen molar-refractivity contribution >= 4 is 27.5 Å². The molecule has 1 N–H and O–H groups in total. The van der Waals surface area contributed by atoms with E-state index < -0.39 is 10.0 Å². The van der Waals surface area contributed by atoms with Crippen molar-refractivity contribution in [2.75, 3.05) is 13.1 Å². The first kappa shape index (κ1) is 19.8. The summed E-state index contributed by atoms with van der Waals surface area (Å²) in [6, 6.07) is 6.56. The fraction of sp³-hybridized carbons (Fsp3) is 0.682. The van der Waals surface area contributed by atoms with Crippen molar-refractivity contribution in [1.29, 1.82) is 0 Å². The van der Waals surface area contributed by atoms with Gasteiger partial charge in [0.2, 0.25) is 15.9 Å². The number of rotatable bonds is 4. The van der Waals surface area contributed by atoms with E-state index in [9.17, 15) is 13.2 Å². The fourth-order valence-corrected chi connectivity index (χ4v) is 8.22. The third-order valence-corrected chi connectivity index (χ3v) is 9.87. The van der Waals surface area contributed by atoms with Gasteiger partial charge in [0, 0.05) is 24.2 Å². The summed E-state index contributed by atoms with van der Waals surface area (Å²) in [4.78, 5) is 13.3. The van der Waals surface area contributed by atoms with Gasteiger partial charge in [-0.2, -0.15) is 4.31 Å². The highest BCUT2D eigenvalue weighted by atomic mass is 35.5. The predicted molar refractivity (Wildman–Crippen MR) is 112 cm³/mol. The summed E-state index contributed by atoms with van der Waals surface area (Å²) in [5.41, 5.74) is 0. The van der Waals surface area contributed by atoms with Crippen LogP contribution in [0.2, 0.25) is 5.02 Å². The summed E-state index contributed by atoms with van der Waals surface area (Å²) in [5.74, 6) is 2.81. The molecule has 1 heterocycles.